The zero-order chi connectivity index (χ0) is 38.6. The lowest BCUT2D eigenvalue weighted by Crippen LogP contribution is -2.55. The summed E-state index contributed by atoms with van der Waals surface area (Å²) in [7, 11) is 32.9. The van der Waals surface area contributed by atoms with Crippen LogP contribution in [0.5, 0.6) is 0 Å². The summed E-state index contributed by atoms with van der Waals surface area (Å²) < 4.78 is 4.80. The highest BCUT2D eigenvalue weighted by Gasteiger charge is 2.27. The summed E-state index contributed by atoms with van der Waals surface area (Å²) in [5.41, 5.74) is 13.2. The zero-order valence-corrected chi connectivity index (χ0v) is 32.6. The molecule has 254 valence electrons. The number of para-hydroxylation sites is 1. The van der Waals surface area contributed by atoms with E-state index in [1.54, 1.807) is 0 Å². The Balaban J connectivity index is 1.58. The third kappa shape index (κ3) is 5.44. The van der Waals surface area contributed by atoms with Crippen LogP contribution in [-0.2, 0) is 10.8 Å². The van der Waals surface area contributed by atoms with Crippen LogP contribution in [0.1, 0.15) is 78.0 Å². The van der Waals surface area contributed by atoms with Crippen LogP contribution in [0.2, 0.25) is 0 Å². The van der Waals surface area contributed by atoms with E-state index in [4.69, 9.17) is 39.2 Å². The summed E-state index contributed by atoms with van der Waals surface area (Å²) in [6.45, 7) is 18.2. The Morgan fingerprint density at radius 2 is 0.981 bits per heavy atom. The first-order chi connectivity index (χ1) is 25.5. The fourth-order valence-electron chi connectivity index (χ4n) is 8.36. The van der Waals surface area contributed by atoms with Crippen LogP contribution in [0, 0.1) is 0 Å². The first kappa shape index (κ1) is 36.2. The van der Waals surface area contributed by atoms with E-state index in [1.807, 2.05) is 12.1 Å². The Hall–Kier alpha value is -4.76. The molecule has 0 amide bonds. The second-order valence-electron chi connectivity index (χ2n) is 17.2. The Kier molecular flexibility index (Phi) is 8.49. The molecule has 0 aliphatic carbocycles. The lowest BCUT2D eigenvalue weighted by Gasteiger charge is -2.23. The number of hydrogen-bond acceptors (Lipinski definition) is 0. The number of fused-ring (bicyclic) bond motifs is 6. The van der Waals surface area contributed by atoms with E-state index in [1.165, 1.54) is 38.5 Å². The van der Waals surface area contributed by atoms with Crippen molar-refractivity contribution >= 4 is 110 Å². The number of benzene rings is 6. The maximum atomic E-state index is 6.80. The molecule has 0 saturated carbocycles. The van der Waals surface area contributed by atoms with Gasteiger partial charge in [0.25, 0.3) is 0 Å². The molecule has 0 fully saturated rings. The van der Waals surface area contributed by atoms with E-state index in [0.29, 0.717) is 16.5 Å². The first-order valence-electron chi connectivity index (χ1n) is 18.8. The van der Waals surface area contributed by atoms with Crippen molar-refractivity contribution in [1.82, 2.24) is 9.13 Å². The van der Waals surface area contributed by atoms with Gasteiger partial charge in [0.1, 0.15) is 39.2 Å². The highest BCUT2D eigenvalue weighted by molar-refractivity contribution is 6.69. The molecule has 0 saturated heterocycles. The third-order valence-electron chi connectivity index (χ3n) is 11.3. The van der Waals surface area contributed by atoms with Gasteiger partial charge in [0.15, 0.2) is 0 Å². The van der Waals surface area contributed by atoms with Crippen molar-refractivity contribution in [1.29, 1.82) is 0 Å². The highest BCUT2D eigenvalue weighted by atomic mass is 15.0. The molecule has 0 bridgehead atoms. The molecule has 2 nitrogen and oxygen atoms in total. The van der Waals surface area contributed by atoms with Crippen molar-refractivity contribution in [3.63, 3.8) is 0 Å². The van der Waals surface area contributed by atoms with Crippen molar-refractivity contribution < 1.29 is 0 Å². The minimum Gasteiger partial charge on any atom is -0.309 e. The highest BCUT2D eigenvalue weighted by Crippen LogP contribution is 2.45. The largest absolute Gasteiger partial charge is 0.309 e. The van der Waals surface area contributed by atoms with E-state index >= 15 is 0 Å². The average molecular weight is 688 g/mol. The molecule has 8 rings (SSSR count). The van der Waals surface area contributed by atoms with Crippen LogP contribution in [-0.4, -0.2) is 48.4 Å². The molecule has 0 atom stereocenters. The van der Waals surface area contributed by atoms with Crippen molar-refractivity contribution in [3.05, 3.63) is 114 Å². The normalized spacial score (nSPS) is 12.6. The summed E-state index contributed by atoms with van der Waals surface area (Å²) >= 11 is 0. The van der Waals surface area contributed by atoms with Gasteiger partial charge in [-0.15, -0.1) is 16.4 Å². The van der Waals surface area contributed by atoms with Gasteiger partial charge in [-0.25, -0.2) is 0 Å². The summed E-state index contributed by atoms with van der Waals surface area (Å²) in [5, 5.41) is 4.64. The second kappa shape index (κ2) is 12.7. The Morgan fingerprint density at radius 1 is 0.481 bits per heavy atom. The van der Waals surface area contributed by atoms with Gasteiger partial charge in [0.05, 0.1) is 27.8 Å². The molecule has 0 unspecified atom stereocenters. The molecule has 8 aromatic rings. The average Bonchev–Trinajstić information content (AvgIpc) is 3.65. The van der Waals surface area contributed by atoms with Crippen LogP contribution in [0.25, 0.3) is 66.1 Å². The fraction of sp³-hybridized carbons (Fsp3) is 0.234. The molecule has 6 aromatic carbocycles. The van der Waals surface area contributed by atoms with Gasteiger partial charge < -0.3 is 9.13 Å². The number of rotatable bonds is 4. The molecule has 0 aliphatic heterocycles. The lowest BCUT2D eigenvalue weighted by molar-refractivity contribution is 0.590. The second-order valence-corrected chi connectivity index (χ2v) is 17.2. The van der Waals surface area contributed by atoms with E-state index in [9.17, 15) is 0 Å². The van der Waals surface area contributed by atoms with E-state index in [-0.39, 0.29) is 33.1 Å². The van der Waals surface area contributed by atoms with Gasteiger partial charge in [-0.05, 0) is 99.2 Å². The quantitative estimate of drug-likeness (QED) is 0.173. The van der Waals surface area contributed by atoms with E-state index in [0.717, 1.165) is 38.7 Å². The molecule has 2 heterocycles. The van der Waals surface area contributed by atoms with Gasteiger partial charge in [-0.2, -0.15) is 0 Å². The summed E-state index contributed by atoms with van der Waals surface area (Å²) in [4.78, 5) is 0. The molecule has 10 radical (unpaired) electrons. The Bertz CT molecular complexity index is 2710. The van der Waals surface area contributed by atoms with Crippen molar-refractivity contribution in [2.75, 3.05) is 0 Å². The maximum Gasteiger partial charge on any atom is 0.113 e. The lowest BCUT2D eigenvalue weighted by atomic mass is 9.59. The van der Waals surface area contributed by atoms with E-state index in [2.05, 4.69) is 149 Å². The summed E-state index contributed by atoms with van der Waals surface area (Å²) in [6.07, 6.45) is 0. The minimum atomic E-state index is 0.000500. The zero-order valence-electron chi connectivity index (χ0n) is 32.6. The Labute approximate surface area is 326 Å². The van der Waals surface area contributed by atoms with Crippen molar-refractivity contribution in [2.45, 2.75) is 72.1 Å². The molecule has 0 aliphatic rings. The molecule has 2 aromatic heterocycles. The summed E-state index contributed by atoms with van der Waals surface area (Å²) in [6, 6.07) is 35.3. The van der Waals surface area contributed by atoms with Crippen LogP contribution in [0.3, 0.4) is 0 Å². The number of aromatic nitrogens is 2. The SMILES string of the molecule is [B]c1c([B])c([B])c(-c2cccc3c2c2c(C(C)C)c(-n4c5ccc(C(C)(C)C)cc5c5cc(C(C)(C)C)ccc54)ccc2n3-c2ccccc2)c([B])c1[B]. The van der Waals surface area contributed by atoms with Gasteiger partial charge in [0.2, 0.25) is 0 Å². The standard InChI is InChI=1S/C47H41B5N2/c1-25(2)37-35(54-32-19-17-26(46(3,4)5)23-30(32)31-24-27(47(6,7)8)18-20-33(31)54)21-22-36-40(37)38-29(39-41(48)43(50)45(52)44(51)42(39)49)15-12-16-34(38)53(36)28-13-10-9-11-14-28/h9-25H,1-8H3. The molecule has 54 heavy (non-hydrogen) atoms. The molecular weight excluding hydrogens is 647 g/mol. The third-order valence-corrected chi connectivity index (χ3v) is 11.3. The van der Waals surface area contributed by atoms with Gasteiger partial charge in [-0.1, -0.05) is 109 Å². The van der Waals surface area contributed by atoms with Crippen LogP contribution < -0.4 is 27.3 Å². The smallest absolute Gasteiger partial charge is 0.113 e. The molecule has 0 spiro atoms. The monoisotopic (exact) mass is 688 g/mol. The molecule has 0 N–H and O–H groups in total. The van der Waals surface area contributed by atoms with E-state index < -0.39 is 0 Å². The van der Waals surface area contributed by atoms with Crippen LogP contribution >= 0.6 is 0 Å². The molecular formula is C47H41B5N2. The fourth-order valence-corrected chi connectivity index (χ4v) is 8.36. The maximum absolute atomic E-state index is 6.80. The van der Waals surface area contributed by atoms with Gasteiger partial charge >= 0.3 is 0 Å². The van der Waals surface area contributed by atoms with Gasteiger partial charge in [-0.3, -0.25) is 0 Å². The van der Waals surface area contributed by atoms with Crippen LogP contribution in [0.4, 0.5) is 0 Å². The minimum absolute atomic E-state index is 0.000500. The van der Waals surface area contributed by atoms with Gasteiger partial charge in [0, 0.05) is 27.2 Å². The predicted molar refractivity (Wildman–Crippen MR) is 239 cm³/mol. The first-order valence-corrected chi connectivity index (χ1v) is 18.8. The molecule has 7 heteroatoms. The van der Waals surface area contributed by atoms with Crippen molar-refractivity contribution in [3.8, 4) is 22.5 Å². The predicted octanol–water partition coefficient (Wildman–Crippen LogP) is 7.24. The van der Waals surface area contributed by atoms with Crippen molar-refractivity contribution in [2.24, 2.45) is 0 Å². The summed E-state index contributed by atoms with van der Waals surface area (Å²) in [5.74, 6) is 0.123. The Morgan fingerprint density at radius 3 is 1.50 bits per heavy atom. The van der Waals surface area contributed by atoms with Crippen LogP contribution in [0.15, 0.2) is 97.1 Å². The number of nitrogens with zero attached hydrogens (tertiary/aromatic N) is 2. The number of hydrogen-bond donors (Lipinski definition) is 0. The topological polar surface area (TPSA) is 9.86 Å².